The van der Waals surface area contributed by atoms with Gasteiger partial charge in [-0.25, -0.2) is 0 Å². The van der Waals surface area contributed by atoms with Gasteiger partial charge in [-0.3, -0.25) is 0 Å². The summed E-state index contributed by atoms with van der Waals surface area (Å²) in [6.45, 7) is 2.76. The Morgan fingerprint density at radius 3 is 2.32 bits per heavy atom. The number of anilines is 2. The zero-order valence-corrected chi connectivity index (χ0v) is 15.2. The van der Waals surface area contributed by atoms with Crippen LogP contribution >= 0.6 is 0 Å². The summed E-state index contributed by atoms with van der Waals surface area (Å²) in [5.74, 6) is 2.56. The highest BCUT2D eigenvalue weighted by Crippen LogP contribution is 2.37. The van der Waals surface area contributed by atoms with Crippen molar-refractivity contribution in [3.8, 4) is 5.75 Å². The smallest absolute Gasteiger partial charge is 0.119 e. The normalized spacial score (nSPS) is 20.4. The second kappa shape index (κ2) is 8.28. The highest BCUT2D eigenvalue weighted by atomic mass is 16.5. The van der Waals surface area contributed by atoms with Crippen LogP contribution in [0.5, 0.6) is 5.75 Å². The molecule has 0 atom stereocenters. The average Bonchev–Trinajstić information content (AvgIpc) is 2.62. The van der Waals surface area contributed by atoms with Gasteiger partial charge < -0.3 is 16.2 Å². The van der Waals surface area contributed by atoms with Gasteiger partial charge in [-0.15, -0.1) is 0 Å². The van der Waals surface area contributed by atoms with Gasteiger partial charge in [0.25, 0.3) is 0 Å². The first-order chi connectivity index (χ1) is 12.2. The Bertz CT molecular complexity index is 673. The molecule has 0 bridgehead atoms. The summed E-state index contributed by atoms with van der Waals surface area (Å²) in [5, 5.41) is 0. The summed E-state index contributed by atoms with van der Waals surface area (Å²) >= 11 is 0. The molecule has 2 aromatic rings. The van der Waals surface area contributed by atoms with E-state index >= 15 is 0 Å². The van der Waals surface area contributed by atoms with E-state index in [0.29, 0.717) is 18.0 Å². The Balaban J connectivity index is 1.54. The summed E-state index contributed by atoms with van der Waals surface area (Å²) < 4.78 is 5.88. The third-order valence-electron chi connectivity index (χ3n) is 5.46. The van der Waals surface area contributed by atoms with Gasteiger partial charge >= 0.3 is 0 Å². The third-order valence-corrected chi connectivity index (χ3v) is 5.46. The van der Waals surface area contributed by atoms with Crippen LogP contribution in [0.1, 0.15) is 62.5 Å². The standard InChI is InChI=1S/C22H30N2O/c1-2-3-16-4-6-17(7-5-16)18-9-12-21(13-10-18)25-15-19-8-11-20(23)14-22(19)24/h8-14,16-17H,2-7,15,23-24H2,1H3. The number of nitrogens with two attached hydrogens (primary N) is 2. The molecule has 3 heteroatoms. The van der Waals surface area contributed by atoms with E-state index in [4.69, 9.17) is 16.2 Å². The Kier molecular flexibility index (Phi) is 5.85. The van der Waals surface area contributed by atoms with Crippen molar-refractivity contribution < 1.29 is 4.74 Å². The molecule has 3 rings (SSSR count). The number of benzene rings is 2. The highest BCUT2D eigenvalue weighted by Gasteiger charge is 2.21. The van der Waals surface area contributed by atoms with E-state index in [1.807, 2.05) is 12.1 Å². The second-order valence-electron chi connectivity index (χ2n) is 7.32. The van der Waals surface area contributed by atoms with Gasteiger partial charge in [-0.2, -0.15) is 0 Å². The van der Waals surface area contributed by atoms with Gasteiger partial charge in [-0.05, 0) is 67.3 Å². The highest BCUT2D eigenvalue weighted by molar-refractivity contribution is 5.56. The van der Waals surface area contributed by atoms with Crippen molar-refractivity contribution in [1.82, 2.24) is 0 Å². The fourth-order valence-electron chi connectivity index (χ4n) is 3.93. The molecule has 1 saturated carbocycles. The zero-order chi connectivity index (χ0) is 17.6. The number of ether oxygens (including phenoxy) is 1. The molecule has 0 unspecified atom stereocenters. The average molecular weight is 338 g/mol. The molecule has 3 nitrogen and oxygen atoms in total. The maximum Gasteiger partial charge on any atom is 0.119 e. The van der Waals surface area contributed by atoms with Crippen molar-refractivity contribution in [2.24, 2.45) is 5.92 Å². The molecule has 134 valence electrons. The monoisotopic (exact) mass is 338 g/mol. The molecule has 0 heterocycles. The van der Waals surface area contributed by atoms with E-state index in [9.17, 15) is 0 Å². The summed E-state index contributed by atoms with van der Waals surface area (Å²) in [5.41, 5.74) is 15.5. The van der Waals surface area contributed by atoms with E-state index in [2.05, 4.69) is 31.2 Å². The zero-order valence-electron chi connectivity index (χ0n) is 15.2. The van der Waals surface area contributed by atoms with Gasteiger partial charge in [0.05, 0.1) is 0 Å². The molecule has 25 heavy (non-hydrogen) atoms. The first-order valence-electron chi connectivity index (χ1n) is 9.52. The van der Waals surface area contributed by atoms with E-state index in [1.54, 1.807) is 6.07 Å². The largest absolute Gasteiger partial charge is 0.489 e. The third kappa shape index (κ3) is 4.68. The van der Waals surface area contributed by atoms with Gasteiger partial charge in [0.1, 0.15) is 12.4 Å². The quantitative estimate of drug-likeness (QED) is 0.683. The minimum atomic E-state index is 0.466. The Morgan fingerprint density at radius 1 is 0.960 bits per heavy atom. The Morgan fingerprint density at radius 2 is 1.68 bits per heavy atom. The van der Waals surface area contributed by atoms with Crippen molar-refractivity contribution in [3.05, 3.63) is 53.6 Å². The van der Waals surface area contributed by atoms with Crippen molar-refractivity contribution >= 4 is 11.4 Å². The second-order valence-corrected chi connectivity index (χ2v) is 7.32. The van der Waals surface area contributed by atoms with Crippen LogP contribution in [0.4, 0.5) is 11.4 Å². The van der Waals surface area contributed by atoms with Gasteiger partial charge in [0, 0.05) is 16.9 Å². The van der Waals surface area contributed by atoms with Crippen LogP contribution in [0.25, 0.3) is 0 Å². The lowest BCUT2D eigenvalue weighted by atomic mass is 9.77. The molecule has 0 saturated heterocycles. The first kappa shape index (κ1) is 17.7. The van der Waals surface area contributed by atoms with E-state index in [0.717, 1.165) is 23.1 Å². The fourth-order valence-corrected chi connectivity index (χ4v) is 3.93. The van der Waals surface area contributed by atoms with E-state index < -0.39 is 0 Å². The van der Waals surface area contributed by atoms with Crippen LogP contribution < -0.4 is 16.2 Å². The van der Waals surface area contributed by atoms with Crippen molar-refractivity contribution in [3.63, 3.8) is 0 Å². The van der Waals surface area contributed by atoms with Crippen molar-refractivity contribution in [2.45, 2.75) is 58.0 Å². The maximum absolute atomic E-state index is 5.98. The van der Waals surface area contributed by atoms with Gasteiger partial charge in [0.2, 0.25) is 0 Å². The number of hydrogen-bond acceptors (Lipinski definition) is 3. The molecular formula is C22H30N2O. The Hall–Kier alpha value is -2.16. The summed E-state index contributed by atoms with van der Waals surface area (Å²) in [7, 11) is 0. The molecule has 0 amide bonds. The van der Waals surface area contributed by atoms with Gasteiger partial charge in [-0.1, -0.05) is 38.0 Å². The van der Waals surface area contributed by atoms with Crippen LogP contribution in [0.15, 0.2) is 42.5 Å². The predicted octanol–water partition coefficient (Wildman–Crippen LogP) is 5.50. The first-order valence-corrected chi connectivity index (χ1v) is 9.52. The van der Waals surface area contributed by atoms with E-state index in [-0.39, 0.29) is 0 Å². The minimum Gasteiger partial charge on any atom is -0.489 e. The topological polar surface area (TPSA) is 61.3 Å². The van der Waals surface area contributed by atoms with Crippen molar-refractivity contribution in [1.29, 1.82) is 0 Å². The molecule has 2 aromatic carbocycles. The molecular weight excluding hydrogens is 308 g/mol. The molecule has 4 N–H and O–H groups in total. The molecule has 0 aliphatic heterocycles. The summed E-state index contributed by atoms with van der Waals surface area (Å²) in [6.07, 6.45) is 8.13. The molecule has 0 spiro atoms. The van der Waals surface area contributed by atoms with Crippen LogP contribution in [-0.2, 0) is 6.61 Å². The minimum absolute atomic E-state index is 0.466. The van der Waals surface area contributed by atoms with Crippen LogP contribution in [0.3, 0.4) is 0 Å². The Labute approximate surface area is 151 Å². The van der Waals surface area contributed by atoms with Crippen LogP contribution in [0.2, 0.25) is 0 Å². The van der Waals surface area contributed by atoms with Gasteiger partial charge in [0.15, 0.2) is 0 Å². The van der Waals surface area contributed by atoms with Crippen LogP contribution in [0, 0.1) is 5.92 Å². The lowest BCUT2D eigenvalue weighted by molar-refractivity contribution is 0.303. The lowest BCUT2D eigenvalue weighted by Crippen LogP contribution is -2.13. The van der Waals surface area contributed by atoms with Crippen molar-refractivity contribution in [2.75, 3.05) is 11.5 Å². The lowest BCUT2D eigenvalue weighted by Gasteiger charge is -2.28. The van der Waals surface area contributed by atoms with Crippen LogP contribution in [-0.4, -0.2) is 0 Å². The molecule has 1 aliphatic rings. The number of rotatable bonds is 6. The molecule has 1 aliphatic carbocycles. The van der Waals surface area contributed by atoms with E-state index in [1.165, 1.54) is 44.1 Å². The fraction of sp³-hybridized carbons (Fsp3) is 0.455. The number of nitrogen functional groups attached to an aromatic ring is 2. The molecule has 1 fully saturated rings. The summed E-state index contributed by atoms with van der Waals surface area (Å²) in [4.78, 5) is 0. The summed E-state index contributed by atoms with van der Waals surface area (Å²) in [6, 6.07) is 14.2. The predicted molar refractivity (Wildman–Crippen MR) is 106 cm³/mol. The molecule has 0 radical (unpaired) electrons. The number of hydrogen-bond donors (Lipinski definition) is 2. The SMILES string of the molecule is CCCC1CCC(c2ccc(OCc3ccc(N)cc3N)cc2)CC1. The maximum atomic E-state index is 5.98. The molecule has 0 aromatic heterocycles.